The molecule has 4 rings (SSSR count). The molecule has 0 radical (unpaired) electrons. The number of anilines is 1. The van der Waals surface area contributed by atoms with Crippen LogP contribution >= 0.6 is 11.3 Å². The topological polar surface area (TPSA) is 49.4 Å². The van der Waals surface area contributed by atoms with E-state index in [1.807, 2.05) is 109 Å². The van der Waals surface area contributed by atoms with Crippen LogP contribution in [-0.2, 0) is 22.6 Å². The predicted molar refractivity (Wildman–Crippen MR) is 134 cm³/mol. The van der Waals surface area contributed by atoms with Gasteiger partial charge in [-0.15, -0.1) is 11.3 Å². The van der Waals surface area contributed by atoms with Crippen molar-refractivity contribution in [2.24, 2.45) is 0 Å². The first-order chi connectivity index (χ1) is 16.1. The lowest BCUT2D eigenvalue weighted by atomic mass is 10.0. The molecule has 0 aliphatic heterocycles. The average molecular weight is 455 g/mol. The van der Waals surface area contributed by atoms with Crippen molar-refractivity contribution in [3.05, 3.63) is 124 Å². The number of thiophene rings is 1. The molecule has 4 nitrogen and oxygen atoms in total. The number of nitrogens with zero attached hydrogens (tertiary/aromatic N) is 1. The second kappa shape index (κ2) is 10.7. The van der Waals surface area contributed by atoms with Crippen molar-refractivity contribution in [3.8, 4) is 0 Å². The summed E-state index contributed by atoms with van der Waals surface area (Å²) in [6.07, 6.45) is 0.237. The monoisotopic (exact) mass is 454 g/mol. The van der Waals surface area contributed by atoms with Crippen molar-refractivity contribution in [1.82, 2.24) is 5.32 Å². The molecule has 166 valence electrons. The molecule has 1 aromatic heterocycles. The highest BCUT2D eigenvalue weighted by atomic mass is 32.1. The van der Waals surface area contributed by atoms with E-state index in [2.05, 4.69) is 5.32 Å². The molecule has 33 heavy (non-hydrogen) atoms. The summed E-state index contributed by atoms with van der Waals surface area (Å²) < 4.78 is 0. The van der Waals surface area contributed by atoms with Crippen molar-refractivity contribution in [2.75, 3.05) is 4.90 Å². The summed E-state index contributed by atoms with van der Waals surface area (Å²) in [5, 5.41) is 5.00. The molecule has 0 fully saturated rings. The molecule has 3 aromatic carbocycles. The van der Waals surface area contributed by atoms with Gasteiger partial charge in [0.05, 0.1) is 6.42 Å². The summed E-state index contributed by atoms with van der Waals surface area (Å²) in [5.41, 5.74) is 3.56. The number of rotatable bonds is 8. The van der Waals surface area contributed by atoms with Crippen molar-refractivity contribution in [1.29, 1.82) is 0 Å². The number of carbonyl (C=O) groups excluding carboxylic acids is 2. The van der Waals surface area contributed by atoms with Gasteiger partial charge in [0.15, 0.2) is 0 Å². The molecule has 2 amide bonds. The van der Waals surface area contributed by atoms with Crippen LogP contribution in [-0.4, -0.2) is 11.8 Å². The van der Waals surface area contributed by atoms with E-state index >= 15 is 0 Å². The minimum atomic E-state index is -0.787. The Morgan fingerprint density at radius 1 is 0.848 bits per heavy atom. The lowest BCUT2D eigenvalue weighted by Gasteiger charge is -2.31. The van der Waals surface area contributed by atoms with Crippen molar-refractivity contribution in [3.63, 3.8) is 0 Å². The van der Waals surface area contributed by atoms with Crippen molar-refractivity contribution < 1.29 is 9.59 Å². The van der Waals surface area contributed by atoms with Gasteiger partial charge in [0.25, 0.3) is 0 Å². The zero-order valence-electron chi connectivity index (χ0n) is 18.5. The van der Waals surface area contributed by atoms with E-state index in [0.717, 1.165) is 21.6 Å². The molecule has 1 atom stereocenters. The van der Waals surface area contributed by atoms with Gasteiger partial charge in [-0.1, -0.05) is 84.4 Å². The van der Waals surface area contributed by atoms with Gasteiger partial charge in [-0.3, -0.25) is 14.5 Å². The zero-order valence-corrected chi connectivity index (χ0v) is 19.3. The molecule has 0 aliphatic rings. The quantitative estimate of drug-likeness (QED) is 0.372. The number of nitrogens with one attached hydrogen (secondary N) is 1. The van der Waals surface area contributed by atoms with E-state index in [1.54, 1.807) is 16.2 Å². The smallest absolute Gasteiger partial charge is 0.248 e. The number of carbonyl (C=O) groups is 2. The van der Waals surface area contributed by atoms with E-state index in [4.69, 9.17) is 0 Å². The first-order valence-corrected chi connectivity index (χ1v) is 11.8. The van der Waals surface area contributed by atoms with Crippen LogP contribution in [0.4, 0.5) is 5.69 Å². The van der Waals surface area contributed by atoms with Crippen LogP contribution in [0.2, 0.25) is 0 Å². The molecular weight excluding hydrogens is 428 g/mol. The fraction of sp³-hybridized carbons (Fsp3) is 0.143. The van der Waals surface area contributed by atoms with Crippen LogP contribution < -0.4 is 10.2 Å². The summed E-state index contributed by atoms with van der Waals surface area (Å²) >= 11 is 1.54. The third-order valence-corrected chi connectivity index (χ3v) is 6.29. The van der Waals surface area contributed by atoms with Gasteiger partial charge in [0.1, 0.15) is 6.04 Å². The third-order valence-electron chi connectivity index (χ3n) is 5.42. The van der Waals surface area contributed by atoms with Crippen LogP contribution in [0.15, 0.2) is 102 Å². The Bertz CT molecular complexity index is 1170. The van der Waals surface area contributed by atoms with Crippen LogP contribution in [0, 0.1) is 6.92 Å². The van der Waals surface area contributed by atoms with Gasteiger partial charge < -0.3 is 5.32 Å². The van der Waals surface area contributed by atoms with Gasteiger partial charge in [-0.25, -0.2) is 0 Å². The van der Waals surface area contributed by atoms with E-state index < -0.39 is 6.04 Å². The van der Waals surface area contributed by atoms with Gasteiger partial charge >= 0.3 is 0 Å². The van der Waals surface area contributed by atoms with Crippen molar-refractivity contribution in [2.45, 2.75) is 25.9 Å². The Kier molecular flexibility index (Phi) is 7.33. The highest BCUT2D eigenvalue weighted by Crippen LogP contribution is 2.29. The van der Waals surface area contributed by atoms with Gasteiger partial charge in [-0.05, 0) is 41.6 Å². The van der Waals surface area contributed by atoms with Crippen molar-refractivity contribution >= 4 is 28.8 Å². The zero-order chi connectivity index (χ0) is 23.0. The predicted octanol–water partition coefficient (Wildman–Crippen LogP) is 5.69. The van der Waals surface area contributed by atoms with E-state index in [-0.39, 0.29) is 18.2 Å². The Labute approximate surface area is 198 Å². The number of amides is 2. The Balaban J connectivity index is 1.71. The minimum Gasteiger partial charge on any atom is -0.350 e. The number of benzene rings is 3. The fourth-order valence-electron chi connectivity index (χ4n) is 3.72. The maximum atomic E-state index is 13.6. The second-order valence-corrected chi connectivity index (χ2v) is 8.90. The Hall–Kier alpha value is -3.70. The fourth-order valence-corrected chi connectivity index (χ4v) is 4.42. The maximum Gasteiger partial charge on any atom is 0.248 e. The Morgan fingerprint density at radius 3 is 2.15 bits per heavy atom. The lowest BCUT2D eigenvalue weighted by Crippen LogP contribution is -2.44. The van der Waals surface area contributed by atoms with Crippen LogP contribution in [0.1, 0.15) is 27.6 Å². The molecule has 4 aromatic rings. The first-order valence-electron chi connectivity index (χ1n) is 10.9. The first kappa shape index (κ1) is 22.5. The maximum absolute atomic E-state index is 13.6. The average Bonchev–Trinajstić information content (AvgIpc) is 3.36. The van der Waals surface area contributed by atoms with Gasteiger partial charge in [0.2, 0.25) is 11.8 Å². The highest BCUT2D eigenvalue weighted by molar-refractivity contribution is 7.10. The second-order valence-electron chi connectivity index (χ2n) is 7.87. The van der Waals surface area contributed by atoms with Crippen LogP contribution in [0.25, 0.3) is 0 Å². The SMILES string of the molecule is Cc1ccc(N(C(=O)Cc2cccs2)[C@@H](C(=O)NCc2ccccc2)c2ccccc2)cc1. The largest absolute Gasteiger partial charge is 0.350 e. The molecule has 0 saturated heterocycles. The van der Waals surface area contributed by atoms with E-state index in [1.165, 1.54) is 0 Å². The molecule has 0 saturated carbocycles. The Morgan fingerprint density at radius 2 is 1.52 bits per heavy atom. The highest BCUT2D eigenvalue weighted by Gasteiger charge is 2.32. The molecule has 5 heteroatoms. The molecular formula is C28H26N2O2S. The standard InChI is InChI=1S/C28H26N2O2S/c1-21-14-16-24(17-15-21)30(26(31)19-25-13-8-18-33-25)27(23-11-6-3-7-12-23)28(32)29-20-22-9-4-2-5-10-22/h2-18,27H,19-20H2,1H3,(H,29,32)/t27-/m1/s1. The summed E-state index contributed by atoms with van der Waals surface area (Å²) in [6.45, 7) is 2.40. The van der Waals surface area contributed by atoms with Crippen LogP contribution in [0.3, 0.4) is 0 Å². The number of aryl methyl sites for hydroxylation is 1. The normalized spacial score (nSPS) is 11.5. The summed E-state index contributed by atoms with van der Waals surface area (Å²) in [5.74, 6) is -0.338. The van der Waals surface area contributed by atoms with E-state index in [0.29, 0.717) is 12.2 Å². The van der Waals surface area contributed by atoms with Crippen LogP contribution in [0.5, 0.6) is 0 Å². The molecule has 0 aliphatic carbocycles. The molecule has 1 heterocycles. The summed E-state index contributed by atoms with van der Waals surface area (Å²) in [6, 6.07) is 30.1. The lowest BCUT2D eigenvalue weighted by molar-refractivity contribution is -0.126. The minimum absolute atomic E-state index is 0.120. The molecule has 1 N–H and O–H groups in total. The third kappa shape index (κ3) is 5.76. The van der Waals surface area contributed by atoms with E-state index in [9.17, 15) is 9.59 Å². The summed E-state index contributed by atoms with van der Waals surface area (Å²) in [4.78, 5) is 29.8. The molecule has 0 spiro atoms. The van der Waals surface area contributed by atoms with Gasteiger partial charge in [0, 0.05) is 17.1 Å². The summed E-state index contributed by atoms with van der Waals surface area (Å²) in [7, 11) is 0. The number of hydrogen-bond donors (Lipinski definition) is 1. The molecule has 0 bridgehead atoms. The van der Waals surface area contributed by atoms with Gasteiger partial charge in [-0.2, -0.15) is 0 Å². The number of hydrogen-bond acceptors (Lipinski definition) is 3. The molecule has 0 unspecified atom stereocenters.